The Morgan fingerprint density at radius 1 is 1.06 bits per heavy atom. The summed E-state index contributed by atoms with van der Waals surface area (Å²) < 4.78 is 40.2. The first-order valence-corrected chi connectivity index (χ1v) is 13.0. The van der Waals surface area contributed by atoms with E-state index in [1.54, 1.807) is 0 Å². The van der Waals surface area contributed by atoms with Crippen LogP contribution in [-0.4, -0.2) is 39.4 Å². The molecule has 186 valence electrons. The quantitative estimate of drug-likeness (QED) is 0.358. The summed E-state index contributed by atoms with van der Waals surface area (Å²) in [4.78, 5) is 24.8. The molecule has 0 aliphatic heterocycles. The predicted molar refractivity (Wildman–Crippen MR) is 130 cm³/mol. The topological polar surface area (TPSA) is 104 Å². The highest BCUT2D eigenvalue weighted by Crippen LogP contribution is 2.21. The summed E-state index contributed by atoms with van der Waals surface area (Å²) in [7, 11) is -3.90. The van der Waals surface area contributed by atoms with Gasteiger partial charge in [0.15, 0.2) is 0 Å². The lowest BCUT2D eigenvalue weighted by atomic mass is 10.0. The summed E-state index contributed by atoms with van der Waals surface area (Å²) >= 11 is 5.82. The van der Waals surface area contributed by atoms with E-state index in [4.69, 9.17) is 11.6 Å². The number of benzene rings is 2. The van der Waals surface area contributed by atoms with Gasteiger partial charge in [0.25, 0.3) is 0 Å². The van der Waals surface area contributed by atoms with Gasteiger partial charge in [0.1, 0.15) is 16.8 Å². The Balaban J connectivity index is 1.79. The smallest absolute Gasteiger partial charge is 0.242 e. The van der Waals surface area contributed by atoms with Crippen molar-refractivity contribution < 1.29 is 22.4 Å². The van der Waals surface area contributed by atoms with Crippen molar-refractivity contribution in [2.45, 2.75) is 50.5 Å². The third kappa shape index (κ3) is 9.40. The van der Waals surface area contributed by atoms with Crippen LogP contribution in [0, 0.1) is 11.7 Å². The van der Waals surface area contributed by atoms with Gasteiger partial charge in [0, 0.05) is 19.5 Å². The van der Waals surface area contributed by atoms with Crippen LogP contribution in [0.4, 0.5) is 4.39 Å². The molecule has 1 atom stereocenters. The fourth-order valence-corrected chi connectivity index (χ4v) is 4.88. The molecule has 0 bridgehead atoms. The molecular weight excluding hydrogens is 481 g/mol. The second-order valence-corrected chi connectivity index (χ2v) is 10.5. The summed E-state index contributed by atoms with van der Waals surface area (Å²) in [6.07, 6.45) is 1.67. The molecule has 0 unspecified atom stereocenters. The number of amides is 2. The maximum atomic E-state index is 13.1. The Morgan fingerprint density at radius 3 is 2.41 bits per heavy atom. The van der Waals surface area contributed by atoms with Crippen molar-refractivity contribution in [3.8, 4) is 0 Å². The first kappa shape index (κ1) is 27.8. The molecule has 0 heterocycles. The number of hydrogen-bond acceptors (Lipinski definition) is 4. The predicted octanol–water partition coefficient (Wildman–Crippen LogP) is 3.43. The van der Waals surface area contributed by atoms with Gasteiger partial charge in [-0.1, -0.05) is 55.8 Å². The van der Waals surface area contributed by atoms with E-state index >= 15 is 0 Å². The van der Waals surface area contributed by atoms with Gasteiger partial charge >= 0.3 is 0 Å². The van der Waals surface area contributed by atoms with Crippen LogP contribution in [0.25, 0.3) is 0 Å². The lowest BCUT2D eigenvalue weighted by Gasteiger charge is -2.20. The largest absolute Gasteiger partial charge is 0.354 e. The molecule has 2 aromatic carbocycles. The Hall–Kier alpha value is -2.49. The molecule has 0 aliphatic carbocycles. The molecule has 10 heteroatoms. The standard InChI is InChI=1S/C24H31ClFN3O4S/c1-17(2)15-21(29-23(30)12-9-18-7-4-3-5-8-18)24(31)27-13-6-14-28-34(32,33)22-11-10-19(26)16-20(22)25/h3-5,7-8,10-11,16-17,21,28H,6,9,12-15H2,1-2H3,(H,27,31)(H,29,30)/t21-/m0/s1. The van der Waals surface area contributed by atoms with Crippen molar-refractivity contribution in [2.24, 2.45) is 5.92 Å². The molecule has 0 fully saturated rings. The normalized spacial score (nSPS) is 12.4. The van der Waals surface area contributed by atoms with Gasteiger partial charge in [-0.15, -0.1) is 0 Å². The van der Waals surface area contributed by atoms with E-state index in [1.807, 2.05) is 44.2 Å². The van der Waals surface area contributed by atoms with Crippen LogP contribution in [0.1, 0.15) is 38.7 Å². The Kier molecular flexibility index (Phi) is 10.9. The first-order chi connectivity index (χ1) is 16.1. The monoisotopic (exact) mass is 511 g/mol. The van der Waals surface area contributed by atoms with Crippen LogP contribution in [0.5, 0.6) is 0 Å². The van der Waals surface area contributed by atoms with Gasteiger partial charge in [-0.2, -0.15) is 0 Å². The van der Waals surface area contributed by atoms with Gasteiger partial charge in [0.2, 0.25) is 21.8 Å². The van der Waals surface area contributed by atoms with Gasteiger partial charge < -0.3 is 10.6 Å². The number of rotatable bonds is 13. The van der Waals surface area contributed by atoms with E-state index in [2.05, 4.69) is 15.4 Å². The second kappa shape index (κ2) is 13.4. The van der Waals surface area contributed by atoms with Crippen LogP contribution in [0.15, 0.2) is 53.4 Å². The highest BCUT2D eigenvalue weighted by atomic mass is 35.5. The van der Waals surface area contributed by atoms with Crippen LogP contribution < -0.4 is 15.4 Å². The van der Waals surface area contributed by atoms with E-state index in [9.17, 15) is 22.4 Å². The van der Waals surface area contributed by atoms with E-state index in [-0.39, 0.29) is 47.2 Å². The minimum absolute atomic E-state index is 0.0502. The summed E-state index contributed by atoms with van der Waals surface area (Å²) in [6, 6.07) is 12.0. The molecule has 0 radical (unpaired) electrons. The maximum Gasteiger partial charge on any atom is 0.242 e. The van der Waals surface area contributed by atoms with E-state index in [0.717, 1.165) is 23.8 Å². The lowest BCUT2D eigenvalue weighted by Crippen LogP contribution is -2.48. The number of sulfonamides is 1. The molecule has 2 amide bonds. The zero-order valence-electron chi connectivity index (χ0n) is 19.3. The minimum atomic E-state index is -3.90. The highest BCUT2D eigenvalue weighted by Gasteiger charge is 2.22. The molecule has 2 aromatic rings. The highest BCUT2D eigenvalue weighted by molar-refractivity contribution is 7.89. The molecule has 0 aromatic heterocycles. The van der Waals surface area contributed by atoms with Crippen molar-refractivity contribution in [1.29, 1.82) is 0 Å². The lowest BCUT2D eigenvalue weighted by molar-refractivity contribution is -0.129. The van der Waals surface area contributed by atoms with E-state index in [1.165, 1.54) is 0 Å². The minimum Gasteiger partial charge on any atom is -0.354 e. The van der Waals surface area contributed by atoms with Crippen molar-refractivity contribution >= 4 is 33.4 Å². The van der Waals surface area contributed by atoms with Gasteiger partial charge in [-0.25, -0.2) is 17.5 Å². The average Bonchev–Trinajstić information content (AvgIpc) is 2.77. The van der Waals surface area contributed by atoms with Crippen molar-refractivity contribution in [3.63, 3.8) is 0 Å². The number of aryl methyl sites for hydroxylation is 1. The molecular formula is C24H31ClFN3O4S. The number of hydrogen-bond donors (Lipinski definition) is 3. The van der Waals surface area contributed by atoms with Gasteiger partial charge in [-0.3, -0.25) is 9.59 Å². The van der Waals surface area contributed by atoms with Crippen LogP contribution in [0.3, 0.4) is 0 Å². The maximum absolute atomic E-state index is 13.1. The summed E-state index contributed by atoms with van der Waals surface area (Å²) in [5.74, 6) is -0.952. The van der Waals surface area contributed by atoms with Crippen molar-refractivity contribution in [2.75, 3.05) is 13.1 Å². The third-order valence-corrected chi connectivity index (χ3v) is 6.91. The van der Waals surface area contributed by atoms with Gasteiger partial charge in [0.05, 0.1) is 5.02 Å². The molecule has 3 N–H and O–H groups in total. The van der Waals surface area contributed by atoms with Gasteiger partial charge in [-0.05, 0) is 48.9 Å². The number of nitrogens with one attached hydrogen (secondary N) is 3. The van der Waals surface area contributed by atoms with Crippen molar-refractivity contribution in [3.05, 3.63) is 64.9 Å². The second-order valence-electron chi connectivity index (χ2n) is 8.35. The molecule has 0 aliphatic rings. The summed E-state index contributed by atoms with van der Waals surface area (Å²) in [6.45, 7) is 4.19. The molecule has 0 saturated carbocycles. The summed E-state index contributed by atoms with van der Waals surface area (Å²) in [5, 5.41) is 5.35. The van der Waals surface area contributed by atoms with Crippen LogP contribution in [-0.2, 0) is 26.0 Å². The Morgan fingerprint density at radius 2 is 1.76 bits per heavy atom. The average molecular weight is 512 g/mol. The molecule has 34 heavy (non-hydrogen) atoms. The molecule has 0 spiro atoms. The number of halogens is 2. The fourth-order valence-electron chi connectivity index (χ4n) is 3.27. The summed E-state index contributed by atoms with van der Waals surface area (Å²) in [5.41, 5.74) is 1.05. The van der Waals surface area contributed by atoms with Crippen molar-refractivity contribution in [1.82, 2.24) is 15.4 Å². The SMILES string of the molecule is CC(C)C[C@H](NC(=O)CCc1ccccc1)C(=O)NCCCNS(=O)(=O)c1ccc(F)cc1Cl. The van der Waals surface area contributed by atoms with E-state index < -0.39 is 21.9 Å². The van der Waals surface area contributed by atoms with Crippen LogP contribution >= 0.6 is 11.6 Å². The first-order valence-electron chi connectivity index (χ1n) is 11.1. The van der Waals surface area contributed by atoms with Crippen LogP contribution in [0.2, 0.25) is 5.02 Å². The molecule has 2 rings (SSSR count). The number of carbonyl (C=O) groups is 2. The Bertz CT molecular complexity index is 1070. The number of carbonyl (C=O) groups excluding carboxylic acids is 2. The zero-order chi connectivity index (χ0) is 25.1. The molecule has 7 nitrogen and oxygen atoms in total. The third-order valence-electron chi connectivity index (χ3n) is 4.97. The van der Waals surface area contributed by atoms with E-state index in [0.29, 0.717) is 19.3 Å². The fraction of sp³-hybridized carbons (Fsp3) is 0.417. The zero-order valence-corrected chi connectivity index (χ0v) is 20.9. The molecule has 0 saturated heterocycles. The Labute approximate surface area is 205 Å².